The predicted molar refractivity (Wildman–Crippen MR) is 56.5 cm³/mol. The fourth-order valence-corrected chi connectivity index (χ4v) is 1.68. The van der Waals surface area contributed by atoms with Crippen molar-refractivity contribution in [1.82, 2.24) is 4.98 Å². The largest absolute Gasteiger partial charge is 0.384 e. The van der Waals surface area contributed by atoms with Crippen molar-refractivity contribution in [2.24, 2.45) is 0 Å². The van der Waals surface area contributed by atoms with E-state index in [0.717, 1.165) is 0 Å². The molecule has 1 aliphatic heterocycles. The number of rotatable bonds is 0. The molecule has 2 N–H and O–H groups in total. The van der Waals surface area contributed by atoms with Crippen molar-refractivity contribution in [3.8, 4) is 0 Å². The fraction of sp³-hybridized carbons (Fsp3) is 0.455. The number of nitrogens with two attached hydrogens (primary N) is 1. The number of anilines is 1. The topological polar surface area (TPSA) is 65.2 Å². The first-order valence-corrected chi connectivity index (χ1v) is 4.90. The number of fused-ring (bicyclic) bond motifs is 1. The smallest absolute Gasteiger partial charge is 0.167 e. The van der Waals surface area contributed by atoms with Crippen LogP contribution in [0.3, 0.4) is 0 Å². The van der Waals surface area contributed by atoms with Crippen molar-refractivity contribution in [3.63, 3.8) is 0 Å². The van der Waals surface area contributed by atoms with Gasteiger partial charge in [0.25, 0.3) is 0 Å². The normalized spacial score (nSPS) is 19.5. The molecule has 1 aliphatic rings. The zero-order valence-electron chi connectivity index (χ0n) is 8.91. The maximum atomic E-state index is 11.9. The Kier molecular flexibility index (Phi) is 2.23. The van der Waals surface area contributed by atoms with E-state index in [1.54, 1.807) is 12.1 Å². The van der Waals surface area contributed by atoms with Crippen molar-refractivity contribution in [2.45, 2.75) is 32.5 Å². The highest BCUT2D eigenvalue weighted by atomic mass is 16.5. The minimum absolute atomic E-state index is 0.0694. The first kappa shape index (κ1) is 10.1. The minimum Gasteiger partial charge on any atom is -0.384 e. The zero-order chi connectivity index (χ0) is 11.1. The van der Waals surface area contributed by atoms with Crippen LogP contribution < -0.4 is 5.73 Å². The van der Waals surface area contributed by atoms with Gasteiger partial charge >= 0.3 is 0 Å². The maximum absolute atomic E-state index is 11.9. The molecule has 2 heterocycles. The van der Waals surface area contributed by atoms with Gasteiger partial charge in [-0.25, -0.2) is 4.98 Å². The van der Waals surface area contributed by atoms with E-state index in [0.29, 0.717) is 30.1 Å². The van der Waals surface area contributed by atoms with Crippen LogP contribution in [0.15, 0.2) is 12.1 Å². The van der Waals surface area contributed by atoms with Gasteiger partial charge in [-0.05, 0) is 26.0 Å². The summed E-state index contributed by atoms with van der Waals surface area (Å²) in [5.74, 6) is 0.491. The SMILES string of the molecule is CC1(C)CC(=O)c2ccc(N)nc2CO1. The molecule has 2 rings (SSSR count). The molecule has 0 atom stereocenters. The number of carbonyl (C=O) groups is 1. The fourth-order valence-electron chi connectivity index (χ4n) is 1.68. The second kappa shape index (κ2) is 3.31. The van der Waals surface area contributed by atoms with E-state index >= 15 is 0 Å². The first-order valence-electron chi connectivity index (χ1n) is 4.90. The molecule has 4 heteroatoms. The summed E-state index contributed by atoms with van der Waals surface area (Å²) in [5, 5.41) is 0. The van der Waals surface area contributed by atoms with Gasteiger partial charge in [-0.15, -0.1) is 0 Å². The molecular formula is C11H14N2O2. The lowest BCUT2D eigenvalue weighted by atomic mass is 9.98. The van der Waals surface area contributed by atoms with E-state index in [9.17, 15) is 4.79 Å². The molecule has 0 radical (unpaired) electrons. The van der Waals surface area contributed by atoms with E-state index in [-0.39, 0.29) is 5.78 Å². The molecular weight excluding hydrogens is 192 g/mol. The minimum atomic E-state index is -0.424. The summed E-state index contributed by atoms with van der Waals surface area (Å²) in [5.41, 5.74) is 6.42. The summed E-state index contributed by atoms with van der Waals surface area (Å²) >= 11 is 0. The molecule has 0 fully saturated rings. The van der Waals surface area contributed by atoms with Gasteiger partial charge < -0.3 is 10.5 Å². The van der Waals surface area contributed by atoms with Gasteiger partial charge in [0.05, 0.1) is 17.9 Å². The van der Waals surface area contributed by atoms with Gasteiger partial charge in [0, 0.05) is 12.0 Å². The zero-order valence-corrected chi connectivity index (χ0v) is 8.91. The summed E-state index contributed by atoms with van der Waals surface area (Å²) in [6.45, 7) is 4.15. The summed E-state index contributed by atoms with van der Waals surface area (Å²) in [6, 6.07) is 3.37. The van der Waals surface area contributed by atoms with E-state index in [1.165, 1.54) is 0 Å². The first-order chi connectivity index (χ1) is 6.98. The highest BCUT2D eigenvalue weighted by Crippen LogP contribution is 2.26. The molecule has 0 spiro atoms. The molecule has 0 aromatic carbocycles. The average molecular weight is 206 g/mol. The Morgan fingerprint density at radius 2 is 2.20 bits per heavy atom. The molecule has 1 aromatic heterocycles. The van der Waals surface area contributed by atoms with Gasteiger partial charge in [-0.3, -0.25) is 4.79 Å². The van der Waals surface area contributed by atoms with E-state index in [4.69, 9.17) is 10.5 Å². The van der Waals surface area contributed by atoms with Crippen LogP contribution in [0.4, 0.5) is 5.82 Å². The van der Waals surface area contributed by atoms with Crippen LogP contribution in [0.1, 0.15) is 36.3 Å². The average Bonchev–Trinajstić information content (AvgIpc) is 2.23. The Balaban J connectivity index is 2.44. The van der Waals surface area contributed by atoms with Crippen LogP contribution in [-0.4, -0.2) is 16.4 Å². The number of hydrogen-bond donors (Lipinski definition) is 1. The van der Waals surface area contributed by atoms with Crippen LogP contribution in [-0.2, 0) is 11.3 Å². The summed E-state index contributed by atoms with van der Waals surface area (Å²) < 4.78 is 5.60. The molecule has 15 heavy (non-hydrogen) atoms. The van der Waals surface area contributed by atoms with Crippen LogP contribution in [0.2, 0.25) is 0 Å². The monoisotopic (exact) mass is 206 g/mol. The molecule has 0 unspecified atom stereocenters. The van der Waals surface area contributed by atoms with Crippen molar-refractivity contribution in [2.75, 3.05) is 5.73 Å². The lowest BCUT2D eigenvalue weighted by molar-refractivity contribution is -0.0272. The lowest BCUT2D eigenvalue weighted by Gasteiger charge is -2.21. The number of carbonyl (C=O) groups excluding carboxylic acids is 1. The number of ketones is 1. The van der Waals surface area contributed by atoms with Crippen molar-refractivity contribution in [1.29, 1.82) is 0 Å². The third-order valence-electron chi connectivity index (χ3n) is 2.48. The molecule has 1 aromatic rings. The molecule has 4 nitrogen and oxygen atoms in total. The lowest BCUT2D eigenvalue weighted by Crippen LogP contribution is -2.25. The molecule has 0 bridgehead atoms. The van der Waals surface area contributed by atoms with Crippen molar-refractivity contribution >= 4 is 11.6 Å². The van der Waals surface area contributed by atoms with Crippen molar-refractivity contribution in [3.05, 3.63) is 23.4 Å². The Hall–Kier alpha value is -1.42. The maximum Gasteiger partial charge on any atom is 0.167 e. The number of aromatic nitrogens is 1. The van der Waals surface area contributed by atoms with Gasteiger partial charge in [0.15, 0.2) is 5.78 Å². The number of ether oxygens (including phenoxy) is 1. The second-order valence-electron chi connectivity index (χ2n) is 4.38. The number of Topliss-reactive ketones (excluding diaryl/α,β-unsaturated/α-hetero) is 1. The van der Waals surface area contributed by atoms with Crippen LogP contribution in [0.25, 0.3) is 0 Å². The van der Waals surface area contributed by atoms with Gasteiger partial charge in [-0.2, -0.15) is 0 Å². The standard InChI is InChI=1S/C11H14N2O2/c1-11(2)5-9(14)7-3-4-10(12)13-8(7)6-15-11/h3-4H,5-6H2,1-2H3,(H2,12,13). The number of nitrogen functional groups attached to an aromatic ring is 1. The summed E-state index contributed by atoms with van der Waals surface area (Å²) in [4.78, 5) is 16.0. The Bertz CT molecular complexity index is 413. The Morgan fingerprint density at radius 1 is 1.47 bits per heavy atom. The van der Waals surface area contributed by atoms with Gasteiger partial charge in [0.2, 0.25) is 0 Å². The number of nitrogens with zero attached hydrogens (tertiary/aromatic N) is 1. The number of pyridine rings is 1. The Morgan fingerprint density at radius 3 is 2.93 bits per heavy atom. The highest BCUT2D eigenvalue weighted by molar-refractivity contribution is 5.98. The van der Waals surface area contributed by atoms with Crippen molar-refractivity contribution < 1.29 is 9.53 Å². The predicted octanol–water partition coefficient (Wildman–Crippen LogP) is 1.55. The molecule has 80 valence electrons. The molecule has 0 aliphatic carbocycles. The molecule has 0 saturated heterocycles. The van der Waals surface area contributed by atoms with Crippen LogP contribution in [0.5, 0.6) is 0 Å². The van der Waals surface area contributed by atoms with Crippen LogP contribution in [0, 0.1) is 0 Å². The van der Waals surface area contributed by atoms with E-state index < -0.39 is 5.60 Å². The number of hydrogen-bond acceptors (Lipinski definition) is 4. The van der Waals surface area contributed by atoms with E-state index in [1.807, 2.05) is 13.8 Å². The van der Waals surface area contributed by atoms with Gasteiger partial charge in [0.1, 0.15) is 5.82 Å². The molecule has 0 amide bonds. The summed E-state index contributed by atoms with van der Waals surface area (Å²) in [7, 11) is 0. The summed E-state index contributed by atoms with van der Waals surface area (Å²) in [6.07, 6.45) is 0.381. The van der Waals surface area contributed by atoms with Crippen LogP contribution >= 0.6 is 0 Å². The van der Waals surface area contributed by atoms with E-state index in [2.05, 4.69) is 4.98 Å². The second-order valence-corrected chi connectivity index (χ2v) is 4.38. The third kappa shape index (κ3) is 1.99. The third-order valence-corrected chi connectivity index (χ3v) is 2.48. The molecule has 0 saturated carbocycles. The Labute approximate surface area is 88.4 Å². The quantitative estimate of drug-likeness (QED) is 0.699. The van der Waals surface area contributed by atoms with Gasteiger partial charge in [-0.1, -0.05) is 0 Å². The highest BCUT2D eigenvalue weighted by Gasteiger charge is 2.29.